The second-order valence-corrected chi connectivity index (χ2v) is 6.42. The van der Waals surface area contributed by atoms with E-state index in [1.807, 2.05) is 6.07 Å². The van der Waals surface area contributed by atoms with Crippen molar-refractivity contribution in [3.63, 3.8) is 0 Å². The van der Waals surface area contributed by atoms with Crippen molar-refractivity contribution in [2.24, 2.45) is 0 Å². The van der Waals surface area contributed by atoms with E-state index in [-0.39, 0.29) is 18.1 Å². The van der Waals surface area contributed by atoms with Crippen molar-refractivity contribution in [2.45, 2.75) is 18.6 Å². The monoisotopic (exact) mass is 364 g/mol. The van der Waals surface area contributed by atoms with Gasteiger partial charge in [0.15, 0.2) is 0 Å². The maximum atomic E-state index is 12.6. The Labute approximate surface area is 124 Å². The summed E-state index contributed by atoms with van der Waals surface area (Å²) in [4.78, 5) is 11.6. The molecular weight excluding hydrogens is 352 g/mol. The van der Waals surface area contributed by atoms with Crippen molar-refractivity contribution < 1.29 is 22.3 Å². The van der Waals surface area contributed by atoms with Crippen molar-refractivity contribution in [3.8, 4) is 5.75 Å². The Morgan fingerprint density at radius 3 is 2.52 bits per heavy atom. The first-order valence-corrected chi connectivity index (χ1v) is 7.64. The zero-order valence-electron chi connectivity index (χ0n) is 10.9. The van der Waals surface area contributed by atoms with Gasteiger partial charge in [-0.1, -0.05) is 0 Å². The first kappa shape index (κ1) is 15.7. The Balaban J connectivity index is 2.27. The van der Waals surface area contributed by atoms with E-state index in [1.165, 1.54) is 13.0 Å². The summed E-state index contributed by atoms with van der Waals surface area (Å²) in [6.45, 7) is 1.58. The van der Waals surface area contributed by atoms with Crippen molar-refractivity contribution in [1.82, 2.24) is 0 Å². The molecular formula is C14H11F3O3Se. The molecule has 21 heavy (non-hydrogen) atoms. The fraction of sp³-hybridized carbons (Fsp3) is 0.214. The van der Waals surface area contributed by atoms with E-state index >= 15 is 0 Å². The molecule has 0 aliphatic carbocycles. The normalized spacial score (nSPS) is 11.4. The van der Waals surface area contributed by atoms with Gasteiger partial charge in [0.2, 0.25) is 0 Å². The first-order chi connectivity index (χ1) is 9.85. The Morgan fingerprint density at radius 2 is 1.90 bits per heavy atom. The summed E-state index contributed by atoms with van der Waals surface area (Å²) in [7, 11) is 0. The predicted octanol–water partition coefficient (Wildman–Crippen LogP) is 2.38. The summed E-state index contributed by atoms with van der Waals surface area (Å²) in [6.07, 6.45) is 0. The van der Waals surface area contributed by atoms with Gasteiger partial charge in [-0.2, -0.15) is 0 Å². The van der Waals surface area contributed by atoms with Crippen LogP contribution in [0.2, 0.25) is 0 Å². The molecule has 1 heterocycles. The van der Waals surface area contributed by atoms with Gasteiger partial charge in [0.05, 0.1) is 0 Å². The van der Waals surface area contributed by atoms with Crippen LogP contribution in [0.4, 0.5) is 13.2 Å². The Bertz CT molecular complexity index is 665. The van der Waals surface area contributed by atoms with Crippen LogP contribution in [0.3, 0.4) is 0 Å². The summed E-state index contributed by atoms with van der Waals surface area (Å²) >= 11 is -2.01. The average molecular weight is 363 g/mol. The van der Waals surface area contributed by atoms with Crippen LogP contribution in [0.25, 0.3) is 0 Å². The zero-order chi connectivity index (χ0) is 15.5. The molecule has 0 aliphatic rings. The second-order valence-electron chi connectivity index (χ2n) is 4.16. The minimum atomic E-state index is -4.44. The number of halogens is 3. The van der Waals surface area contributed by atoms with Crippen molar-refractivity contribution in [2.75, 3.05) is 0 Å². The molecule has 0 spiro atoms. The van der Waals surface area contributed by atoms with Crippen LogP contribution in [0, 0.1) is 6.92 Å². The molecule has 0 bridgehead atoms. The molecule has 0 N–H and O–H groups in total. The summed E-state index contributed by atoms with van der Waals surface area (Å²) in [6, 6.07) is 10.3. The van der Waals surface area contributed by atoms with Gasteiger partial charge in [0, 0.05) is 0 Å². The third-order valence-corrected chi connectivity index (χ3v) is 4.14. The summed E-state index contributed by atoms with van der Waals surface area (Å²) in [5, 5.41) is -4.44. The molecule has 0 unspecified atom stereocenters. The van der Waals surface area contributed by atoms with E-state index in [2.05, 4.69) is 0 Å². The fourth-order valence-electron chi connectivity index (χ4n) is 1.62. The van der Waals surface area contributed by atoms with Crippen LogP contribution in [0.15, 0.2) is 45.6 Å². The molecule has 0 atom stereocenters. The van der Waals surface area contributed by atoms with Gasteiger partial charge in [0.1, 0.15) is 0 Å². The van der Waals surface area contributed by atoms with Crippen LogP contribution in [0.1, 0.15) is 11.3 Å². The van der Waals surface area contributed by atoms with Gasteiger partial charge >= 0.3 is 124 Å². The fourth-order valence-corrected chi connectivity index (χ4v) is 2.83. The topological polar surface area (TPSA) is 39.4 Å². The molecule has 0 amide bonds. The van der Waals surface area contributed by atoms with E-state index in [0.717, 1.165) is 5.56 Å². The molecule has 0 saturated heterocycles. The molecule has 1 aromatic heterocycles. The van der Waals surface area contributed by atoms with Gasteiger partial charge in [-0.15, -0.1) is 0 Å². The van der Waals surface area contributed by atoms with Crippen molar-refractivity contribution in [3.05, 3.63) is 58.1 Å². The molecule has 0 aliphatic heterocycles. The van der Waals surface area contributed by atoms with Crippen molar-refractivity contribution >= 4 is 19.4 Å². The van der Waals surface area contributed by atoms with Crippen LogP contribution >= 0.6 is 0 Å². The quantitative estimate of drug-likeness (QED) is 0.784. The first-order valence-electron chi connectivity index (χ1n) is 5.92. The molecule has 0 fully saturated rings. The Morgan fingerprint density at radius 1 is 1.24 bits per heavy atom. The number of rotatable bonds is 4. The third-order valence-electron chi connectivity index (χ3n) is 2.45. The average Bonchev–Trinajstić information content (AvgIpc) is 2.40. The van der Waals surface area contributed by atoms with E-state index in [1.54, 1.807) is 24.3 Å². The van der Waals surface area contributed by atoms with Crippen LogP contribution in [-0.4, -0.2) is 20.0 Å². The second kappa shape index (κ2) is 6.37. The maximum absolute atomic E-state index is 12.6. The van der Waals surface area contributed by atoms with E-state index in [9.17, 15) is 18.0 Å². The summed E-state index contributed by atoms with van der Waals surface area (Å²) in [5.41, 5.74) is -0.191. The zero-order valence-corrected chi connectivity index (χ0v) is 12.7. The summed E-state index contributed by atoms with van der Waals surface area (Å²) < 4.78 is 47.3. The van der Waals surface area contributed by atoms with Crippen LogP contribution in [0.5, 0.6) is 5.75 Å². The standard InChI is InChI=1S/C14H11F3O3Se/c1-9-7-11(19-8-10-5-3-2-4-6-10)12(13(18)20-9)21-14(15,16)17/h2-7H,8H2,1H3. The molecule has 112 valence electrons. The Hall–Kier alpha value is -1.72. The SMILES string of the molecule is Cc1cc(OCc2ccccc2)c([Se]C(F)(F)F)c(=O)o1. The van der Waals surface area contributed by atoms with E-state index < -0.39 is 30.1 Å². The van der Waals surface area contributed by atoms with Gasteiger partial charge < -0.3 is 0 Å². The number of hydrogen-bond acceptors (Lipinski definition) is 3. The molecule has 2 rings (SSSR count). The molecule has 0 saturated carbocycles. The van der Waals surface area contributed by atoms with Gasteiger partial charge in [0.25, 0.3) is 0 Å². The van der Waals surface area contributed by atoms with Gasteiger partial charge in [-0.25, -0.2) is 0 Å². The molecule has 1 aromatic carbocycles. The Kier molecular flexibility index (Phi) is 4.75. The molecule has 7 heteroatoms. The minimum absolute atomic E-state index is 0.0649. The van der Waals surface area contributed by atoms with Crippen molar-refractivity contribution in [1.29, 1.82) is 0 Å². The number of hydrogen-bond donors (Lipinski definition) is 0. The number of ether oxygens (including phenoxy) is 1. The van der Waals surface area contributed by atoms with E-state index in [0.29, 0.717) is 0 Å². The molecule has 3 nitrogen and oxygen atoms in total. The molecule has 2 aromatic rings. The summed E-state index contributed by atoms with van der Waals surface area (Å²) in [5.74, 6) is 0.148. The number of alkyl halides is 3. The van der Waals surface area contributed by atoms with Crippen LogP contribution < -0.4 is 14.8 Å². The predicted molar refractivity (Wildman–Crippen MR) is 71.9 cm³/mol. The number of benzene rings is 1. The van der Waals surface area contributed by atoms with Crippen LogP contribution in [-0.2, 0) is 6.61 Å². The number of aryl methyl sites for hydroxylation is 1. The third kappa shape index (κ3) is 4.65. The van der Waals surface area contributed by atoms with Gasteiger partial charge in [-0.3, -0.25) is 0 Å². The molecule has 0 radical (unpaired) electrons. The van der Waals surface area contributed by atoms with E-state index in [4.69, 9.17) is 9.15 Å². The van der Waals surface area contributed by atoms with Gasteiger partial charge in [-0.05, 0) is 0 Å².